The van der Waals surface area contributed by atoms with Gasteiger partial charge in [0.25, 0.3) is 5.91 Å². The molecular formula is C19H20N4O4. The molecule has 3 aromatic rings. The molecule has 27 heavy (non-hydrogen) atoms. The van der Waals surface area contributed by atoms with Gasteiger partial charge in [-0.05, 0) is 55.3 Å². The van der Waals surface area contributed by atoms with Crippen LogP contribution in [0.25, 0.3) is 11.0 Å². The molecule has 0 radical (unpaired) electrons. The Balaban J connectivity index is 1.73. The number of fused-ring (bicyclic) bond motifs is 1. The lowest BCUT2D eigenvalue weighted by Crippen LogP contribution is -2.26. The zero-order valence-corrected chi connectivity index (χ0v) is 15.6. The van der Waals surface area contributed by atoms with Crippen LogP contribution in [0, 0.1) is 20.8 Å². The highest BCUT2D eigenvalue weighted by Gasteiger charge is 2.13. The van der Waals surface area contributed by atoms with E-state index in [-0.39, 0.29) is 12.5 Å². The summed E-state index contributed by atoms with van der Waals surface area (Å²) in [5.74, 6) is -0.800. The van der Waals surface area contributed by atoms with Crippen molar-refractivity contribution in [1.29, 1.82) is 0 Å². The first-order valence-corrected chi connectivity index (χ1v) is 8.34. The Morgan fingerprint density at radius 3 is 2.48 bits per heavy atom. The van der Waals surface area contributed by atoms with E-state index in [1.54, 1.807) is 18.2 Å². The normalized spacial score (nSPS) is 10.7. The summed E-state index contributed by atoms with van der Waals surface area (Å²) in [5, 5.41) is 10.7. The van der Waals surface area contributed by atoms with E-state index < -0.39 is 5.97 Å². The summed E-state index contributed by atoms with van der Waals surface area (Å²) >= 11 is 0. The maximum absolute atomic E-state index is 12.3. The van der Waals surface area contributed by atoms with Crippen molar-refractivity contribution in [2.45, 2.75) is 20.8 Å². The van der Waals surface area contributed by atoms with Crippen molar-refractivity contribution in [3.63, 3.8) is 0 Å². The van der Waals surface area contributed by atoms with E-state index >= 15 is 0 Å². The lowest BCUT2D eigenvalue weighted by atomic mass is 10.1. The number of carbonyl (C=O) groups excluding carboxylic acids is 2. The predicted molar refractivity (Wildman–Crippen MR) is 99.6 cm³/mol. The molecule has 0 aliphatic heterocycles. The van der Waals surface area contributed by atoms with E-state index in [4.69, 9.17) is 9.57 Å². The van der Waals surface area contributed by atoms with E-state index in [1.807, 2.05) is 32.9 Å². The molecule has 0 atom stereocenters. The van der Waals surface area contributed by atoms with Gasteiger partial charge in [-0.2, -0.15) is 0 Å². The van der Waals surface area contributed by atoms with Gasteiger partial charge >= 0.3 is 5.97 Å². The topological polar surface area (TPSA) is 95.3 Å². The number of anilines is 1. The monoisotopic (exact) mass is 368 g/mol. The highest BCUT2D eigenvalue weighted by atomic mass is 16.7. The number of hydrogen-bond acceptors (Lipinski definition) is 6. The van der Waals surface area contributed by atoms with Gasteiger partial charge in [-0.1, -0.05) is 22.5 Å². The summed E-state index contributed by atoms with van der Waals surface area (Å²) < 4.78 is 4.70. The van der Waals surface area contributed by atoms with Gasteiger partial charge in [0.15, 0.2) is 6.61 Å². The number of esters is 1. The fraction of sp³-hybridized carbons (Fsp3) is 0.263. The smallest absolute Gasteiger partial charge is 0.337 e. The summed E-state index contributed by atoms with van der Waals surface area (Å²) in [6.07, 6.45) is 0. The number of methoxy groups -OCH3 is 1. The van der Waals surface area contributed by atoms with E-state index in [2.05, 4.69) is 15.6 Å². The number of aromatic nitrogens is 3. The van der Waals surface area contributed by atoms with E-state index in [9.17, 15) is 9.59 Å². The van der Waals surface area contributed by atoms with Crippen molar-refractivity contribution in [1.82, 2.24) is 15.2 Å². The number of carbonyl (C=O) groups is 2. The van der Waals surface area contributed by atoms with Crippen LogP contribution in [0.4, 0.5) is 5.69 Å². The van der Waals surface area contributed by atoms with Crippen LogP contribution < -0.4 is 10.2 Å². The molecule has 0 aliphatic rings. The maximum atomic E-state index is 12.3. The average molecular weight is 368 g/mol. The number of nitrogens with zero attached hydrogens (tertiary/aromatic N) is 3. The third kappa shape index (κ3) is 3.89. The van der Waals surface area contributed by atoms with Gasteiger partial charge < -0.3 is 14.9 Å². The van der Waals surface area contributed by atoms with Gasteiger partial charge in [0.2, 0.25) is 0 Å². The van der Waals surface area contributed by atoms with E-state index in [0.29, 0.717) is 16.6 Å². The number of rotatable bonds is 5. The summed E-state index contributed by atoms with van der Waals surface area (Å²) in [6, 6.07) is 8.77. The second kappa shape index (κ2) is 7.45. The Bertz CT molecular complexity index is 1000. The molecule has 0 spiro atoms. The third-order valence-corrected chi connectivity index (χ3v) is 4.10. The number of hydrogen-bond donors (Lipinski definition) is 1. The molecule has 0 aliphatic carbocycles. The zero-order valence-electron chi connectivity index (χ0n) is 15.6. The van der Waals surface area contributed by atoms with Crippen LogP contribution in [-0.2, 0) is 9.53 Å². The van der Waals surface area contributed by atoms with Gasteiger partial charge in [-0.3, -0.25) is 4.79 Å². The number of aryl methyl sites for hydroxylation is 3. The summed E-state index contributed by atoms with van der Waals surface area (Å²) in [7, 11) is 1.30. The van der Waals surface area contributed by atoms with Crippen molar-refractivity contribution in [3.8, 4) is 0 Å². The highest BCUT2D eigenvalue weighted by molar-refractivity contribution is 5.94. The quantitative estimate of drug-likeness (QED) is 0.694. The Morgan fingerprint density at radius 2 is 1.81 bits per heavy atom. The molecule has 3 rings (SSSR count). The Morgan fingerprint density at radius 1 is 1.11 bits per heavy atom. The second-order valence-electron chi connectivity index (χ2n) is 6.25. The van der Waals surface area contributed by atoms with Crippen LogP contribution in [0.3, 0.4) is 0 Å². The van der Waals surface area contributed by atoms with Crippen LogP contribution in [0.5, 0.6) is 0 Å². The standard InChI is InChI=1S/C19H20N4O4/c1-11-7-12(2)18(13(3)8-11)20-17(24)10-27-23-16-9-14(19(25)26-4)5-6-15(16)21-22-23/h5-9H,10H2,1-4H3,(H,20,24). The van der Waals surface area contributed by atoms with Crippen LogP contribution in [-0.4, -0.2) is 40.8 Å². The molecule has 140 valence electrons. The summed E-state index contributed by atoms with van der Waals surface area (Å²) in [4.78, 5) is 30.5. The third-order valence-electron chi connectivity index (χ3n) is 4.10. The molecular weight excluding hydrogens is 348 g/mol. The van der Waals surface area contributed by atoms with Crippen molar-refractivity contribution in [2.24, 2.45) is 0 Å². The molecule has 1 amide bonds. The molecule has 2 aromatic carbocycles. The van der Waals surface area contributed by atoms with Gasteiger partial charge in [0.1, 0.15) is 11.0 Å². The number of nitrogens with one attached hydrogen (secondary N) is 1. The first-order valence-electron chi connectivity index (χ1n) is 8.34. The number of ether oxygens (including phenoxy) is 1. The first kappa shape index (κ1) is 18.4. The molecule has 8 heteroatoms. The molecule has 1 aromatic heterocycles. The lowest BCUT2D eigenvalue weighted by molar-refractivity contribution is -0.121. The van der Waals surface area contributed by atoms with Crippen molar-refractivity contribution < 1.29 is 19.2 Å². The second-order valence-corrected chi connectivity index (χ2v) is 6.25. The Hall–Kier alpha value is -3.42. The van der Waals surface area contributed by atoms with Crippen molar-refractivity contribution in [3.05, 3.63) is 52.6 Å². The van der Waals surface area contributed by atoms with Gasteiger partial charge in [0, 0.05) is 5.69 Å². The van der Waals surface area contributed by atoms with E-state index in [1.165, 1.54) is 7.11 Å². The zero-order chi connectivity index (χ0) is 19.6. The molecule has 0 fully saturated rings. The SMILES string of the molecule is COC(=O)c1ccc2nnn(OCC(=O)Nc3c(C)cc(C)cc3C)c2c1. The lowest BCUT2D eigenvalue weighted by Gasteiger charge is -2.13. The van der Waals surface area contributed by atoms with E-state index in [0.717, 1.165) is 27.2 Å². The average Bonchev–Trinajstić information content (AvgIpc) is 3.04. The fourth-order valence-corrected chi connectivity index (χ4v) is 2.91. The summed E-state index contributed by atoms with van der Waals surface area (Å²) in [5.41, 5.74) is 5.21. The summed E-state index contributed by atoms with van der Waals surface area (Å²) in [6.45, 7) is 5.63. The Labute approximate surface area is 156 Å². The Kier molecular flexibility index (Phi) is 5.07. The van der Waals surface area contributed by atoms with Crippen LogP contribution in [0.15, 0.2) is 30.3 Å². The molecule has 0 saturated carbocycles. The van der Waals surface area contributed by atoms with Crippen LogP contribution in [0.2, 0.25) is 0 Å². The van der Waals surface area contributed by atoms with Crippen molar-refractivity contribution >= 4 is 28.6 Å². The van der Waals surface area contributed by atoms with Crippen molar-refractivity contribution in [2.75, 3.05) is 19.0 Å². The molecule has 0 unspecified atom stereocenters. The minimum absolute atomic E-state index is 0.256. The van der Waals surface area contributed by atoms with Gasteiger partial charge in [-0.25, -0.2) is 4.79 Å². The maximum Gasteiger partial charge on any atom is 0.337 e. The molecule has 0 bridgehead atoms. The number of amides is 1. The van der Waals surface area contributed by atoms with Gasteiger partial charge in [0.05, 0.1) is 12.7 Å². The minimum atomic E-state index is -0.479. The van der Waals surface area contributed by atoms with Crippen LogP contribution in [0.1, 0.15) is 27.0 Å². The fourth-order valence-electron chi connectivity index (χ4n) is 2.91. The number of benzene rings is 2. The molecule has 1 N–H and O–H groups in total. The molecule has 8 nitrogen and oxygen atoms in total. The van der Waals surface area contributed by atoms with Crippen LogP contribution >= 0.6 is 0 Å². The molecule has 1 heterocycles. The van der Waals surface area contributed by atoms with Gasteiger partial charge in [-0.15, -0.1) is 5.10 Å². The first-order chi connectivity index (χ1) is 12.9. The minimum Gasteiger partial charge on any atom is -0.465 e. The molecule has 0 saturated heterocycles. The highest BCUT2D eigenvalue weighted by Crippen LogP contribution is 2.21. The predicted octanol–water partition coefficient (Wildman–Crippen LogP) is 2.21. The largest absolute Gasteiger partial charge is 0.465 e.